The van der Waals surface area contributed by atoms with E-state index < -0.39 is 0 Å². The fourth-order valence-corrected chi connectivity index (χ4v) is 3.04. The van der Waals surface area contributed by atoms with Crippen molar-refractivity contribution in [2.24, 2.45) is 0 Å². The highest BCUT2D eigenvalue weighted by molar-refractivity contribution is 5.81. The van der Waals surface area contributed by atoms with Crippen molar-refractivity contribution in [3.63, 3.8) is 0 Å². The van der Waals surface area contributed by atoms with Crippen LogP contribution in [0.5, 0.6) is 0 Å². The molecule has 2 aromatic rings. The number of fused-ring (bicyclic) bond motifs is 3. The largest absolute Gasteiger partial charge is 0.0617 e. The average Bonchev–Trinajstić information content (AvgIpc) is 2.66. The molecule has 0 amide bonds. The van der Waals surface area contributed by atoms with Gasteiger partial charge in [-0.25, -0.2) is 0 Å². The first-order valence-corrected chi connectivity index (χ1v) is 6.28. The smallest absolute Gasteiger partial charge is 0.00106 e. The Morgan fingerprint density at radius 2 is 1.65 bits per heavy atom. The van der Waals surface area contributed by atoms with Crippen molar-refractivity contribution in [1.82, 2.24) is 0 Å². The van der Waals surface area contributed by atoms with Crippen LogP contribution in [0.4, 0.5) is 0 Å². The zero-order valence-electron chi connectivity index (χ0n) is 11.0. The average molecular weight is 222 g/mol. The summed E-state index contributed by atoms with van der Waals surface area (Å²) in [6.45, 7) is 8.94. The minimum Gasteiger partial charge on any atom is -0.0617 e. The topological polar surface area (TPSA) is 0 Å². The van der Waals surface area contributed by atoms with E-state index in [9.17, 15) is 0 Å². The molecule has 0 spiro atoms. The van der Waals surface area contributed by atoms with Crippen LogP contribution < -0.4 is 0 Å². The molecule has 0 nitrogen and oxygen atoms in total. The van der Waals surface area contributed by atoms with Crippen LogP contribution in [0.15, 0.2) is 24.3 Å². The zero-order chi connectivity index (χ0) is 12.2. The van der Waals surface area contributed by atoms with Gasteiger partial charge in [0.25, 0.3) is 0 Å². The fraction of sp³-hybridized carbons (Fsp3) is 0.294. The molecule has 2 aromatic carbocycles. The summed E-state index contributed by atoms with van der Waals surface area (Å²) < 4.78 is 0. The summed E-state index contributed by atoms with van der Waals surface area (Å²) in [6.07, 6.45) is 1.11. The maximum atomic E-state index is 2.37. The molecule has 1 aliphatic rings. The minimum atomic E-state index is 1.11. The number of benzene rings is 2. The van der Waals surface area contributed by atoms with Gasteiger partial charge in [0.15, 0.2) is 0 Å². The maximum absolute atomic E-state index is 2.37. The molecule has 0 saturated heterocycles. The van der Waals surface area contributed by atoms with Gasteiger partial charge in [0.1, 0.15) is 0 Å². The summed E-state index contributed by atoms with van der Waals surface area (Å²) in [7, 11) is 0. The second kappa shape index (κ2) is 3.46. The third kappa shape index (κ3) is 1.37. The standard InChI is InChI=1S/C17H18/c1-10-6-5-7-14-9-15-13(4)12(3)11(2)8-16(15)17(10)14/h5-8H,9H2,1-4H3. The fourth-order valence-electron chi connectivity index (χ4n) is 3.04. The SMILES string of the molecule is Cc1cc2c(c(C)c1C)Cc1cccc(C)c1-2. The Morgan fingerprint density at radius 1 is 0.882 bits per heavy atom. The van der Waals surface area contributed by atoms with Crippen LogP contribution in [0.2, 0.25) is 0 Å². The van der Waals surface area contributed by atoms with E-state index >= 15 is 0 Å². The van der Waals surface area contributed by atoms with Crippen molar-refractivity contribution < 1.29 is 0 Å². The Bertz CT molecular complexity index is 618. The Balaban J connectivity index is 2.37. The highest BCUT2D eigenvalue weighted by Crippen LogP contribution is 2.41. The Kier molecular flexibility index (Phi) is 2.16. The molecular weight excluding hydrogens is 204 g/mol. The molecular formula is C17H18. The molecule has 17 heavy (non-hydrogen) atoms. The van der Waals surface area contributed by atoms with Crippen LogP contribution in [0, 0.1) is 27.7 Å². The van der Waals surface area contributed by atoms with Crippen molar-refractivity contribution in [1.29, 1.82) is 0 Å². The quantitative estimate of drug-likeness (QED) is 0.525. The van der Waals surface area contributed by atoms with Gasteiger partial charge in [-0.3, -0.25) is 0 Å². The number of rotatable bonds is 0. The molecule has 0 aromatic heterocycles. The Labute approximate surface area is 103 Å². The summed E-state index contributed by atoms with van der Waals surface area (Å²) in [5.41, 5.74) is 11.7. The van der Waals surface area contributed by atoms with E-state index in [0.717, 1.165) is 6.42 Å². The predicted octanol–water partition coefficient (Wildman–Crippen LogP) is 4.49. The van der Waals surface area contributed by atoms with E-state index in [1.165, 1.54) is 44.5 Å². The molecule has 0 bridgehead atoms. The van der Waals surface area contributed by atoms with E-state index in [1.807, 2.05) is 0 Å². The van der Waals surface area contributed by atoms with Crippen LogP contribution in [0.3, 0.4) is 0 Å². The lowest BCUT2D eigenvalue weighted by atomic mass is 9.93. The summed E-state index contributed by atoms with van der Waals surface area (Å²) in [5, 5.41) is 0. The van der Waals surface area contributed by atoms with Crippen molar-refractivity contribution in [3.05, 3.63) is 57.6 Å². The summed E-state index contributed by atoms with van der Waals surface area (Å²) in [6, 6.07) is 9.04. The molecule has 0 heterocycles. The summed E-state index contributed by atoms with van der Waals surface area (Å²) >= 11 is 0. The number of aryl methyl sites for hydroxylation is 2. The molecule has 0 heteroatoms. The molecule has 0 unspecified atom stereocenters. The molecule has 0 N–H and O–H groups in total. The Morgan fingerprint density at radius 3 is 2.41 bits per heavy atom. The molecule has 0 saturated carbocycles. The van der Waals surface area contributed by atoms with Crippen LogP contribution in [0.1, 0.15) is 33.4 Å². The van der Waals surface area contributed by atoms with E-state index in [2.05, 4.69) is 52.0 Å². The maximum Gasteiger partial charge on any atom is -0.00106 e. The third-order valence-electron chi connectivity index (χ3n) is 4.29. The van der Waals surface area contributed by atoms with Gasteiger partial charge < -0.3 is 0 Å². The highest BCUT2D eigenvalue weighted by atomic mass is 14.3. The first-order valence-electron chi connectivity index (χ1n) is 6.28. The van der Waals surface area contributed by atoms with Crippen LogP contribution in [0.25, 0.3) is 11.1 Å². The molecule has 0 aliphatic heterocycles. The molecule has 0 fully saturated rings. The Hall–Kier alpha value is -1.56. The number of hydrogen-bond donors (Lipinski definition) is 0. The second-order valence-electron chi connectivity index (χ2n) is 5.26. The van der Waals surface area contributed by atoms with E-state index in [4.69, 9.17) is 0 Å². The lowest BCUT2D eigenvalue weighted by Gasteiger charge is -2.12. The lowest BCUT2D eigenvalue weighted by molar-refractivity contribution is 1.17. The van der Waals surface area contributed by atoms with Crippen molar-refractivity contribution >= 4 is 0 Å². The molecule has 0 radical (unpaired) electrons. The monoisotopic (exact) mass is 222 g/mol. The second-order valence-corrected chi connectivity index (χ2v) is 5.26. The van der Waals surface area contributed by atoms with E-state index in [0.29, 0.717) is 0 Å². The van der Waals surface area contributed by atoms with Gasteiger partial charge in [0.05, 0.1) is 0 Å². The van der Waals surface area contributed by atoms with Crippen molar-refractivity contribution in [2.45, 2.75) is 34.1 Å². The third-order valence-corrected chi connectivity index (χ3v) is 4.29. The molecule has 0 atom stereocenters. The first-order chi connectivity index (χ1) is 8.09. The van der Waals surface area contributed by atoms with Gasteiger partial charge in [0.2, 0.25) is 0 Å². The first kappa shape index (κ1) is 10.6. The molecule has 1 aliphatic carbocycles. The van der Waals surface area contributed by atoms with E-state index in [1.54, 1.807) is 0 Å². The van der Waals surface area contributed by atoms with Crippen LogP contribution in [-0.2, 0) is 6.42 Å². The van der Waals surface area contributed by atoms with Gasteiger partial charge in [-0.1, -0.05) is 24.3 Å². The number of hydrogen-bond acceptors (Lipinski definition) is 0. The molecule has 3 rings (SSSR count). The van der Waals surface area contributed by atoms with Crippen LogP contribution >= 0.6 is 0 Å². The van der Waals surface area contributed by atoms with Gasteiger partial charge in [-0.15, -0.1) is 0 Å². The summed E-state index contributed by atoms with van der Waals surface area (Å²) in [4.78, 5) is 0. The van der Waals surface area contributed by atoms with Gasteiger partial charge in [-0.2, -0.15) is 0 Å². The highest BCUT2D eigenvalue weighted by Gasteiger charge is 2.22. The zero-order valence-corrected chi connectivity index (χ0v) is 11.0. The van der Waals surface area contributed by atoms with Crippen molar-refractivity contribution in [2.75, 3.05) is 0 Å². The molecule has 86 valence electrons. The normalized spacial score (nSPS) is 12.5. The minimum absolute atomic E-state index is 1.11. The van der Waals surface area contributed by atoms with Crippen molar-refractivity contribution in [3.8, 4) is 11.1 Å². The van der Waals surface area contributed by atoms with E-state index in [-0.39, 0.29) is 0 Å². The van der Waals surface area contributed by atoms with Crippen LogP contribution in [-0.4, -0.2) is 0 Å². The van der Waals surface area contributed by atoms with Gasteiger partial charge in [-0.05, 0) is 78.6 Å². The van der Waals surface area contributed by atoms with Gasteiger partial charge >= 0.3 is 0 Å². The van der Waals surface area contributed by atoms with Gasteiger partial charge in [0, 0.05) is 0 Å². The lowest BCUT2D eigenvalue weighted by Crippen LogP contribution is -1.93. The predicted molar refractivity (Wildman–Crippen MR) is 73.6 cm³/mol. The summed E-state index contributed by atoms with van der Waals surface area (Å²) in [5.74, 6) is 0.